The van der Waals surface area contributed by atoms with Crippen LogP contribution in [-0.2, 0) is 0 Å². The van der Waals surface area contributed by atoms with E-state index in [2.05, 4.69) is 40.4 Å². The first-order valence-electron chi connectivity index (χ1n) is 7.91. The molecule has 114 valence electrons. The summed E-state index contributed by atoms with van der Waals surface area (Å²) in [4.78, 5) is 11.7. The van der Waals surface area contributed by atoms with Crippen molar-refractivity contribution in [2.75, 3.05) is 29.9 Å². The molecule has 5 heteroatoms. The average molecular weight is 287 g/mol. The van der Waals surface area contributed by atoms with E-state index in [9.17, 15) is 0 Å². The van der Waals surface area contributed by atoms with E-state index in [1.807, 2.05) is 18.6 Å². The van der Waals surface area contributed by atoms with Gasteiger partial charge in [-0.3, -0.25) is 0 Å². The third-order valence-electron chi connectivity index (χ3n) is 4.11. The lowest BCUT2D eigenvalue weighted by atomic mass is 9.84. The van der Waals surface area contributed by atoms with E-state index in [1.165, 1.54) is 12.8 Å². The van der Waals surface area contributed by atoms with E-state index < -0.39 is 0 Å². The number of nitrogens with zero attached hydrogens (tertiary/aromatic N) is 4. The Kier molecular flexibility index (Phi) is 3.74. The summed E-state index contributed by atoms with van der Waals surface area (Å²) in [6, 6.07) is 0. The normalized spacial score (nSPS) is 18.1. The number of hydrogen-bond donors (Lipinski definition) is 1. The minimum atomic E-state index is 0.344. The Morgan fingerprint density at radius 3 is 3.00 bits per heavy atom. The van der Waals surface area contributed by atoms with Crippen LogP contribution in [0.1, 0.15) is 40.0 Å². The van der Waals surface area contributed by atoms with Crippen molar-refractivity contribution in [3.63, 3.8) is 0 Å². The summed E-state index contributed by atoms with van der Waals surface area (Å²) in [5, 5.41) is 3.39. The van der Waals surface area contributed by atoms with Gasteiger partial charge in [0.05, 0.1) is 6.20 Å². The van der Waals surface area contributed by atoms with Gasteiger partial charge in [0.15, 0.2) is 11.5 Å². The van der Waals surface area contributed by atoms with Gasteiger partial charge in [0.1, 0.15) is 5.82 Å². The van der Waals surface area contributed by atoms with Crippen molar-refractivity contribution < 1.29 is 0 Å². The molecule has 0 saturated carbocycles. The molecule has 21 heavy (non-hydrogen) atoms. The lowest BCUT2D eigenvalue weighted by molar-refractivity contribution is 0.292. The van der Waals surface area contributed by atoms with E-state index in [0.29, 0.717) is 5.41 Å². The Balaban J connectivity index is 1.97. The van der Waals surface area contributed by atoms with Crippen molar-refractivity contribution in [3.05, 3.63) is 18.6 Å². The quantitative estimate of drug-likeness (QED) is 0.938. The van der Waals surface area contributed by atoms with Crippen molar-refractivity contribution in [2.45, 2.75) is 40.0 Å². The second-order valence-corrected chi connectivity index (χ2v) is 6.72. The molecule has 0 unspecified atom stereocenters. The van der Waals surface area contributed by atoms with E-state index in [1.54, 1.807) is 0 Å². The van der Waals surface area contributed by atoms with E-state index in [-0.39, 0.29) is 0 Å². The third-order valence-corrected chi connectivity index (χ3v) is 4.11. The second-order valence-electron chi connectivity index (χ2n) is 6.72. The van der Waals surface area contributed by atoms with E-state index in [4.69, 9.17) is 4.98 Å². The topological polar surface area (TPSA) is 45.5 Å². The standard InChI is InChI=1S/C16H25N5/c1-4-7-17-13-11-20-10-8-18-14(20)15(19-13)21-9-5-6-16(2,3)12-21/h8,10-11,17H,4-7,9,12H2,1-3H3. The molecule has 2 aromatic rings. The Morgan fingerprint density at radius 1 is 1.38 bits per heavy atom. The maximum absolute atomic E-state index is 4.83. The van der Waals surface area contributed by atoms with Crippen LogP contribution in [0.2, 0.25) is 0 Å². The first-order chi connectivity index (χ1) is 10.1. The smallest absolute Gasteiger partial charge is 0.180 e. The molecule has 1 aliphatic rings. The first kappa shape index (κ1) is 14.2. The van der Waals surface area contributed by atoms with Gasteiger partial charge in [0.25, 0.3) is 0 Å². The SMILES string of the molecule is CCCNc1cn2ccnc2c(N2CCCC(C)(C)C2)n1. The van der Waals surface area contributed by atoms with Crippen molar-refractivity contribution >= 4 is 17.3 Å². The molecule has 5 nitrogen and oxygen atoms in total. The summed E-state index contributed by atoms with van der Waals surface area (Å²) in [6.45, 7) is 9.88. The molecule has 0 atom stereocenters. The van der Waals surface area contributed by atoms with Crippen LogP contribution in [0.3, 0.4) is 0 Å². The number of imidazole rings is 1. The molecule has 1 fully saturated rings. The van der Waals surface area contributed by atoms with Crippen molar-refractivity contribution in [3.8, 4) is 0 Å². The van der Waals surface area contributed by atoms with Gasteiger partial charge < -0.3 is 14.6 Å². The zero-order chi connectivity index (χ0) is 14.9. The van der Waals surface area contributed by atoms with Crippen LogP contribution in [0.4, 0.5) is 11.6 Å². The predicted octanol–water partition coefficient (Wildman–Crippen LogP) is 3.18. The fourth-order valence-electron chi connectivity index (χ4n) is 3.07. The number of hydrogen-bond acceptors (Lipinski definition) is 4. The molecule has 2 aromatic heterocycles. The van der Waals surface area contributed by atoms with Gasteiger partial charge in [0.2, 0.25) is 0 Å². The first-order valence-corrected chi connectivity index (χ1v) is 7.91. The van der Waals surface area contributed by atoms with Gasteiger partial charge in [-0.1, -0.05) is 20.8 Å². The largest absolute Gasteiger partial charge is 0.369 e. The lowest BCUT2D eigenvalue weighted by Gasteiger charge is -2.38. The second kappa shape index (κ2) is 5.54. The zero-order valence-electron chi connectivity index (χ0n) is 13.3. The number of piperidine rings is 1. The minimum absolute atomic E-state index is 0.344. The monoisotopic (exact) mass is 287 g/mol. The summed E-state index contributed by atoms with van der Waals surface area (Å²) < 4.78 is 2.07. The van der Waals surface area contributed by atoms with Crippen LogP contribution in [0.15, 0.2) is 18.6 Å². The lowest BCUT2D eigenvalue weighted by Crippen LogP contribution is -2.40. The average Bonchev–Trinajstić information content (AvgIpc) is 2.91. The molecule has 0 amide bonds. The van der Waals surface area contributed by atoms with Crippen LogP contribution in [0, 0.1) is 5.41 Å². The molecular weight excluding hydrogens is 262 g/mol. The summed E-state index contributed by atoms with van der Waals surface area (Å²) >= 11 is 0. The van der Waals surface area contributed by atoms with Crippen LogP contribution in [0.5, 0.6) is 0 Å². The fourth-order valence-corrected chi connectivity index (χ4v) is 3.07. The summed E-state index contributed by atoms with van der Waals surface area (Å²) in [5.74, 6) is 1.94. The molecule has 1 aliphatic heterocycles. The van der Waals surface area contributed by atoms with Crippen LogP contribution < -0.4 is 10.2 Å². The maximum Gasteiger partial charge on any atom is 0.180 e. The molecule has 0 aliphatic carbocycles. The molecule has 1 N–H and O–H groups in total. The van der Waals surface area contributed by atoms with Gasteiger partial charge in [-0.05, 0) is 24.7 Å². The summed E-state index contributed by atoms with van der Waals surface area (Å²) in [5.41, 5.74) is 1.30. The predicted molar refractivity (Wildman–Crippen MR) is 87.0 cm³/mol. The molecule has 3 heterocycles. The van der Waals surface area contributed by atoms with Gasteiger partial charge in [0, 0.05) is 32.0 Å². The van der Waals surface area contributed by atoms with Gasteiger partial charge in [-0.15, -0.1) is 0 Å². The highest BCUT2D eigenvalue weighted by Crippen LogP contribution is 2.32. The van der Waals surface area contributed by atoms with Crippen LogP contribution in [0.25, 0.3) is 5.65 Å². The Bertz CT molecular complexity index is 616. The third kappa shape index (κ3) is 2.96. The number of nitrogens with one attached hydrogen (secondary N) is 1. The number of fused-ring (bicyclic) bond motifs is 1. The molecule has 0 spiro atoms. The molecule has 0 aromatic carbocycles. The fraction of sp³-hybridized carbons (Fsp3) is 0.625. The minimum Gasteiger partial charge on any atom is -0.369 e. The zero-order valence-corrected chi connectivity index (χ0v) is 13.3. The highest BCUT2D eigenvalue weighted by atomic mass is 15.2. The van der Waals surface area contributed by atoms with Crippen molar-refractivity contribution in [1.29, 1.82) is 0 Å². The van der Waals surface area contributed by atoms with Gasteiger partial charge >= 0.3 is 0 Å². The number of anilines is 2. The van der Waals surface area contributed by atoms with Gasteiger partial charge in [-0.25, -0.2) is 9.97 Å². The highest BCUT2D eigenvalue weighted by Gasteiger charge is 2.28. The Labute approximate surface area is 126 Å². The summed E-state index contributed by atoms with van der Waals surface area (Å²) in [7, 11) is 0. The van der Waals surface area contributed by atoms with E-state index in [0.717, 1.165) is 43.3 Å². The maximum atomic E-state index is 4.83. The number of aromatic nitrogens is 3. The Morgan fingerprint density at radius 2 is 2.24 bits per heavy atom. The molecular formula is C16H25N5. The molecule has 3 rings (SSSR count). The van der Waals surface area contributed by atoms with Crippen molar-refractivity contribution in [2.24, 2.45) is 5.41 Å². The molecule has 1 saturated heterocycles. The van der Waals surface area contributed by atoms with Crippen molar-refractivity contribution in [1.82, 2.24) is 14.4 Å². The summed E-state index contributed by atoms with van der Waals surface area (Å²) in [6.07, 6.45) is 9.45. The highest BCUT2D eigenvalue weighted by molar-refractivity contribution is 5.67. The van der Waals surface area contributed by atoms with Crippen LogP contribution in [-0.4, -0.2) is 34.0 Å². The van der Waals surface area contributed by atoms with E-state index >= 15 is 0 Å². The van der Waals surface area contributed by atoms with Gasteiger partial charge in [-0.2, -0.15) is 0 Å². The molecule has 0 bridgehead atoms. The van der Waals surface area contributed by atoms with Crippen LogP contribution >= 0.6 is 0 Å². The Hall–Kier alpha value is -1.78. The molecule has 0 radical (unpaired) electrons. The number of rotatable bonds is 4.